The molecular formula is C25H26N6O4S. The van der Waals surface area contributed by atoms with Gasteiger partial charge in [0.15, 0.2) is 0 Å². The van der Waals surface area contributed by atoms with Crippen molar-refractivity contribution in [1.82, 2.24) is 19.7 Å². The highest BCUT2D eigenvalue weighted by Crippen LogP contribution is 2.25. The van der Waals surface area contributed by atoms with Crippen LogP contribution in [0.4, 0.5) is 5.69 Å². The average Bonchev–Trinajstić information content (AvgIpc) is 3.46. The Morgan fingerprint density at radius 2 is 1.92 bits per heavy atom. The van der Waals surface area contributed by atoms with Gasteiger partial charge in [-0.1, -0.05) is 0 Å². The summed E-state index contributed by atoms with van der Waals surface area (Å²) in [5.74, 6) is 2.27. The lowest BCUT2D eigenvalue weighted by Gasteiger charge is -2.05. The van der Waals surface area contributed by atoms with Crippen molar-refractivity contribution in [2.45, 2.75) is 19.6 Å². The normalized spacial score (nSPS) is 11.6. The largest absolute Gasteiger partial charge is 0.497 e. The van der Waals surface area contributed by atoms with Gasteiger partial charge < -0.3 is 9.72 Å². The molecule has 186 valence electrons. The number of hydrogen-bond acceptors (Lipinski definition) is 7. The molecule has 0 atom stereocenters. The average molecular weight is 507 g/mol. The SMILES string of the molecule is COc1ccc(-c2[nH]n(-c3ccc([N+](=O)[O-])cc3)c(=O)c2C(C)=NCCSCc2nc[nH]c2C)cc1. The van der Waals surface area contributed by atoms with Crippen molar-refractivity contribution < 1.29 is 9.66 Å². The number of aryl methyl sites for hydroxylation is 1. The number of non-ortho nitro benzene ring substituents is 1. The van der Waals surface area contributed by atoms with E-state index in [4.69, 9.17) is 4.74 Å². The van der Waals surface area contributed by atoms with E-state index in [9.17, 15) is 14.9 Å². The molecule has 0 aliphatic rings. The van der Waals surface area contributed by atoms with Crippen LogP contribution >= 0.6 is 11.8 Å². The number of thioether (sulfide) groups is 1. The van der Waals surface area contributed by atoms with Gasteiger partial charge in [-0.25, -0.2) is 9.67 Å². The Morgan fingerprint density at radius 3 is 2.53 bits per heavy atom. The number of methoxy groups -OCH3 is 1. The molecule has 0 fully saturated rings. The Bertz CT molecular complexity index is 1430. The molecule has 2 aromatic heterocycles. The predicted molar refractivity (Wildman–Crippen MR) is 142 cm³/mol. The zero-order valence-corrected chi connectivity index (χ0v) is 21.0. The van der Waals surface area contributed by atoms with E-state index in [1.165, 1.54) is 28.9 Å². The van der Waals surface area contributed by atoms with Gasteiger partial charge in [-0.2, -0.15) is 11.8 Å². The molecule has 0 aliphatic heterocycles. The summed E-state index contributed by atoms with van der Waals surface area (Å²) in [5.41, 5.74) is 4.72. The van der Waals surface area contributed by atoms with Crippen molar-refractivity contribution in [3.8, 4) is 22.7 Å². The fraction of sp³-hybridized carbons (Fsp3) is 0.240. The van der Waals surface area contributed by atoms with E-state index >= 15 is 0 Å². The quantitative estimate of drug-likeness (QED) is 0.141. The van der Waals surface area contributed by atoms with Crippen molar-refractivity contribution in [3.05, 3.63) is 92.3 Å². The highest BCUT2D eigenvalue weighted by atomic mass is 32.2. The van der Waals surface area contributed by atoms with Crippen LogP contribution in [0.3, 0.4) is 0 Å². The molecule has 0 amide bonds. The van der Waals surface area contributed by atoms with E-state index in [1.807, 2.05) is 38.1 Å². The first-order chi connectivity index (χ1) is 17.4. The van der Waals surface area contributed by atoms with E-state index in [2.05, 4.69) is 20.1 Å². The Kier molecular flexibility index (Phi) is 7.69. The number of aromatic amines is 2. The molecule has 2 N–H and O–H groups in total. The number of benzene rings is 2. The number of aromatic nitrogens is 4. The Hall–Kier alpha value is -4.12. The molecule has 0 saturated carbocycles. The Morgan fingerprint density at radius 1 is 1.19 bits per heavy atom. The zero-order chi connectivity index (χ0) is 25.7. The minimum atomic E-state index is -0.474. The van der Waals surface area contributed by atoms with Crippen LogP contribution in [-0.2, 0) is 5.75 Å². The number of rotatable bonds is 10. The van der Waals surface area contributed by atoms with Crippen LogP contribution in [0, 0.1) is 17.0 Å². The summed E-state index contributed by atoms with van der Waals surface area (Å²) < 4.78 is 6.64. The first-order valence-corrected chi connectivity index (χ1v) is 12.4. The summed E-state index contributed by atoms with van der Waals surface area (Å²) in [6, 6.07) is 13.2. The number of nitro groups is 1. The molecule has 0 unspecified atom stereocenters. The number of hydrogen-bond donors (Lipinski definition) is 2. The number of imidazole rings is 1. The maximum Gasteiger partial charge on any atom is 0.280 e. The zero-order valence-electron chi connectivity index (χ0n) is 20.1. The smallest absolute Gasteiger partial charge is 0.280 e. The minimum Gasteiger partial charge on any atom is -0.497 e. The van der Waals surface area contributed by atoms with Crippen molar-refractivity contribution in [3.63, 3.8) is 0 Å². The Labute approximate surface area is 211 Å². The van der Waals surface area contributed by atoms with E-state index in [-0.39, 0.29) is 11.2 Å². The van der Waals surface area contributed by atoms with Crippen molar-refractivity contribution in [1.29, 1.82) is 0 Å². The van der Waals surface area contributed by atoms with Crippen LogP contribution in [0.1, 0.15) is 23.9 Å². The first kappa shape index (κ1) is 25.0. The standard InChI is InChI=1S/C25H26N6O4S/c1-16-22(28-15-27-16)14-36-13-12-26-17(2)23-24(18-4-10-21(35-3)11-5-18)29-30(25(23)32)19-6-8-20(9-7-19)31(33)34/h4-11,15,29H,12-14H2,1-3H3,(H,27,28). The van der Waals surface area contributed by atoms with Crippen molar-refractivity contribution in [2.75, 3.05) is 19.4 Å². The van der Waals surface area contributed by atoms with Crippen LogP contribution in [0.15, 0.2) is 64.6 Å². The number of nitrogens with zero attached hydrogens (tertiary/aromatic N) is 4. The molecule has 4 aromatic rings. The third-order valence-corrected chi connectivity index (χ3v) is 6.66. The monoisotopic (exact) mass is 506 g/mol. The maximum atomic E-state index is 13.5. The second kappa shape index (κ2) is 11.1. The highest BCUT2D eigenvalue weighted by Gasteiger charge is 2.20. The molecule has 2 aromatic carbocycles. The second-order valence-corrected chi connectivity index (χ2v) is 9.10. The predicted octanol–water partition coefficient (Wildman–Crippen LogP) is 4.52. The van der Waals surface area contributed by atoms with Crippen LogP contribution in [0.5, 0.6) is 5.75 Å². The van der Waals surface area contributed by atoms with Crippen molar-refractivity contribution >= 4 is 23.2 Å². The summed E-state index contributed by atoms with van der Waals surface area (Å²) >= 11 is 1.73. The molecule has 0 aliphatic carbocycles. The van der Waals surface area contributed by atoms with Gasteiger partial charge in [-0.15, -0.1) is 0 Å². The maximum absolute atomic E-state index is 13.5. The molecule has 4 rings (SSSR count). The highest BCUT2D eigenvalue weighted by molar-refractivity contribution is 7.98. The van der Waals surface area contributed by atoms with E-state index in [1.54, 1.807) is 25.2 Å². The molecule has 0 spiro atoms. The van der Waals surface area contributed by atoms with E-state index in [0.29, 0.717) is 35.0 Å². The van der Waals surface area contributed by atoms with E-state index < -0.39 is 4.92 Å². The summed E-state index contributed by atoms with van der Waals surface area (Å²) in [4.78, 5) is 36.1. The fourth-order valence-corrected chi connectivity index (χ4v) is 4.55. The lowest BCUT2D eigenvalue weighted by atomic mass is 10.1. The fourth-order valence-electron chi connectivity index (χ4n) is 3.70. The summed E-state index contributed by atoms with van der Waals surface area (Å²) in [5, 5.41) is 14.2. The molecule has 0 saturated heterocycles. The number of nitrogens with one attached hydrogen (secondary N) is 2. The molecule has 0 bridgehead atoms. The first-order valence-electron chi connectivity index (χ1n) is 11.2. The summed E-state index contributed by atoms with van der Waals surface area (Å²) in [6.45, 7) is 4.36. The molecule has 0 radical (unpaired) electrons. The number of ether oxygens (including phenoxy) is 1. The van der Waals surface area contributed by atoms with Crippen molar-refractivity contribution in [2.24, 2.45) is 4.99 Å². The van der Waals surface area contributed by atoms with Gasteiger partial charge in [-0.05, 0) is 50.2 Å². The minimum absolute atomic E-state index is 0.0470. The topological polar surface area (TPSA) is 131 Å². The third-order valence-electron chi connectivity index (χ3n) is 5.71. The summed E-state index contributed by atoms with van der Waals surface area (Å²) in [6.07, 6.45) is 1.69. The molecule has 11 heteroatoms. The van der Waals surface area contributed by atoms with Gasteiger partial charge >= 0.3 is 0 Å². The van der Waals surface area contributed by atoms with Gasteiger partial charge in [0.1, 0.15) is 5.75 Å². The molecule has 10 nitrogen and oxygen atoms in total. The van der Waals surface area contributed by atoms with Gasteiger partial charge in [0.25, 0.3) is 11.2 Å². The molecule has 2 heterocycles. The van der Waals surface area contributed by atoms with Gasteiger partial charge in [0.05, 0.1) is 41.0 Å². The Balaban J connectivity index is 1.63. The van der Waals surface area contributed by atoms with Crippen LogP contribution in [0.25, 0.3) is 16.9 Å². The third kappa shape index (κ3) is 5.41. The summed E-state index contributed by atoms with van der Waals surface area (Å²) in [7, 11) is 1.59. The number of aliphatic imine (C=N–C) groups is 1. The van der Waals surface area contributed by atoms with Gasteiger partial charge in [0.2, 0.25) is 0 Å². The lowest BCUT2D eigenvalue weighted by Crippen LogP contribution is -2.20. The second-order valence-electron chi connectivity index (χ2n) is 8.00. The number of H-pyrrole nitrogens is 2. The van der Waals surface area contributed by atoms with Crippen LogP contribution in [-0.4, -0.2) is 49.8 Å². The van der Waals surface area contributed by atoms with Crippen LogP contribution < -0.4 is 10.3 Å². The number of nitro benzene ring substituents is 1. The van der Waals surface area contributed by atoms with Gasteiger partial charge in [0, 0.05) is 47.2 Å². The van der Waals surface area contributed by atoms with E-state index in [0.717, 1.165) is 28.5 Å². The van der Waals surface area contributed by atoms with Crippen LogP contribution in [0.2, 0.25) is 0 Å². The molecular weight excluding hydrogens is 480 g/mol. The van der Waals surface area contributed by atoms with Gasteiger partial charge in [-0.3, -0.25) is 25.0 Å². The molecule has 36 heavy (non-hydrogen) atoms. The lowest BCUT2D eigenvalue weighted by molar-refractivity contribution is -0.384.